The number of nitrogens with zero attached hydrogens (tertiary/aromatic N) is 1. The quantitative estimate of drug-likeness (QED) is 0.546. The summed E-state index contributed by atoms with van der Waals surface area (Å²) in [5.41, 5.74) is 0. The largest absolute Gasteiger partial charge is 0.469 e. The molecule has 6 heteroatoms. The first-order chi connectivity index (χ1) is 9.78. The minimum Gasteiger partial charge on any atom is -0.469 e. The minimum absolute atomic E-state index is 0.128. The third-order valence-corrected chi connectivity index (χ3v) is 3.16. The van der Waals surface area contributed by atoms with Crippen LogP contribution < -0.4 is 16.0 Å². The van der Waals surface area contributed by atoms with Crippen LogP contribution in [0.3, 0.4) is 0 Å². The number of hydrogen-bond acceptors (Lipinski definition) is 3. The summed E-state index contributed by atoms with van der Waals surface area (Å²) in [5.74, 6) is 1.86. The van der Waals surface area contributed by atoms with Gasteiger partial charge in [0.15, 0.2) is 5.96 Å². The Bertz CT molecular complexity index is 432. The fourth-order valence-corrected chi connectivity index (χ4v) is 2.10. The summed E-state index contributed by atoms with van der Waals surface area (Å²) < 4.78 is 5.28. The Labute approximate surface area is 119 Å². The van der Waals surface area contributed by atoms with Crippen LogP contribution in [0.1, 0.15) is 25.5 Å². The summed E-state index contributed by atoms with van der Waals surface area (Å²) in [5, 5.41) is 9.43. The Hall–Kier alpha value is -1.98. The van der Waals surface area contributed by atoms with Crippen molar-refractivity contribution in [1.82, 2.24) is 16.0 Å². The van der Waals surface area contributed by atoms with Crippen molar-refractivity contribution in [3.8, 4) is 0 Å². The molecule has 1 aliphatic heterocycles. The van der Waals surface area contributed by atoms with Gasteiger partial charge in [-0.25, -0.2) is 0 Å². The van der Waals surface area contributed by atoms with Crippen LogP contribution in [0.5, 0.6) is 0 Å². The Morgan fingerprint density at radius 2 is 2.50 bits per heavy atom. The van der Waals surface area contributed by atoms with Crippen LogP contribution in [-0.2, 0) is 11.2 Å². The maximum Gasteiger partial charge on any atom is 0.220 e. The van der Waals surface area contributed by atoms with Crippen molar-refractivity contribution >= 4 is 11.9 Å². The van der Waals surface area contributed by atoms with Gasteiger partial charge in [-0.3, -0.25) is 9.79 Å². The fourth-order valence-electron chi connectivity index (χ4n) is 2.10. The molecule has 110 valence electrons. The SMILES string of the molecule is CCNC(=NCCc1ccco1)NC1CCC(=O)NC1. The van der Waals surface area contributed by atoms with Crippen molar-refractivity contribution in [3.05, 3.63) is 24.2 Å². The molecule has 0 radical (unpaired) electrons. The molecule has 1 amide bonds. The second-order valence-corrected chi connectivity index (χ2v) is 4.77. The Morgan fingerprint density at radius 3 is 3.15 bits per heavy atom. The van der Waals surface area contributed by atoms with E-state index in [-0.39, 0.29) is 11.9 Å². The van der Waals surface area contributed by atoms with Gasteiger partial charge < -0.3 is 20.4 Å². The minimum atomic E-state index is 0.128. The van der Waals surface area contributed by atoms with Gasteiger partial charge in [0.1, 0.15) is 5.76 Å². The van der Waals surface area contributed by atoms with Crippen molar-refractivity contribution in [2.24, 2.45) is 4.99 Å². The first-order valence-corrected chi connectivity index (χ1v) is 7.12. The van der Waals surface area contributed by atoms with E-state index in [4.69, 9.17) is 4.42 Å². The van der Waals surface area contributed by atoms with Gasteiger partial charge in [0.2, 0.25) is 5.91 Å². The monoisotopic (exact) mass is 278 g/mol. The highest BCUT2D eigenvalue weighted by molar-refractivity contribution is 5.81. The van der Waals surface area contributed by atoms with Crippen molar-refractivity contribution in [2.75, 3.05) is 19.6 Å². The van der Waals surface area contributed by atoms with Gasteiger partial charge in [0.25, 0.3) is 0 Å². The molecule has 6 nitrogen and oxygen atoms in total. The van der Waals surface area contributed by atoms with E-state index in [0.717, 1.165) is 31.1 Å². The molecule has 1 unspecified atom stereocenters. The number of aliphatic imine (C=N–C) groups is 1. The first-order valence-electron chi connectivity index (χ1n) is 7.12. The highest BCUT2D eigenvalue weighted by atomic mass is 16.3. The van der Waals surface area contributed by atoms with Crippen LogP contribution in [0.25, 0.3) is 0 Å². The zero-order valence-corrected chi connectivity index (χ0v) is 11.8. The van der Waals surface area contributed by atoms with Crippen molar-refractivity contribution < 1.29 is 9.21 Å². The Morgan fingerprint density at radius 1 is 1.60 bits per heavy atom. The number of piperidine rings is 1. The predicted octanol–water partition coefficient (Wildman–Crippen LogP) is 0.656. The van der Waals surface area contributed by atoms with E-state index in [1.807, 2.05) is 19.1 Å². The topological polar surface area (TPSA) is 78.7 Å². The number of guanidine groups is 1. The Balaban J connectivity index is 1.80. The van der Waals surface area contributed by atoms with Gasteiger partial charge in [-0.15, -0.1) is 0 Å². The smallest absolute Gasteiger partial charge is 0.220 e. The highest BCUT2D eigenvalue weighted by Gasteiger charge is 2.18. The average molecular weight is 278 g/mol. The lowest BCUT2D eigenvalue weighted by molar-refractivity contribution is -0.122. The number of nitrogens with one attached hydrogen (secondary N) is 3. The number of furan rings is 1. The third kappa shape index (κ3) is 4.60. The molecule has 1 fully saturated rings. The van der Waals surface area contributed by atoms with Crippen LogP contribution in [0.2, 0.25) is 0 Å². The van der Waals surface area contributed by atoms with Crippen LogP contribution in [0, 0.1) is 0 Å². The number of rotatable bonds is 5. The van der Waals surface area contributed by atoms with E-state index in [9.17, 15) is 4.79 Å². The van der Waals surface area contributed by atoms with Gasteiger partial charge in [-0.1, -0.05) is 0 Å². The normalized spacial score (nSPS) is 19.6. The summed E-state index contributed by atoms with van der Waals surface area (Å²) in [4.78, 5) is 15.7. The number of hydrogen-bond donors (Lipinski definition) is 3. The summed E-state index contributed by atoms with van der Waals surface area (Å²) in [7, 11) is 0. The molecule has 1 aromatic rings. The molecule has 1 atom stereocenters. The molecule has 1 aromatic heterocycles. The zero-order valence-electron chi connectivity index (χ0n) is 11.8. The van der Waals surface area contributed by atoms with Crippen molar-refractivity contribution in [2.45, 2.75) is 32.2 Å². The van der Waals surface area contributed by atoms with Gasteiger partial charge in [-0.05, 0) is 25.5 Å². The highest BCUT2D eigenvalue weighted by Crippen LogP contribution is 2.03. The molecule has 0 bridgehead atoms. The lowest BCUT2D eigenvalue weighted by Crippen LogP contribution is -2.51. The molecule has 0 spiro atoms. The molecule has 0 aliphatic carbocycles. The van der Waals surface area contributed by atoms with Gasteiger partial charge >= 0.3 is 0 Å². The molecular weight excluding hydrogens is 256 g/mol. The summed E-state index contributed by atoms with van der Waals surface area (Å²) >= 11 is 0. The summed E-state index contributed by atoms with van der Waals surface area (Å²) in [6, 6.07) is 4.08. The molecule has 1 saturated heterocycles. The molecule has 3 N–H and O–H groups in total. The molecule has 1 aliphatic rings. The second-order valence-electron chi connectivity index (χ2n) is 4.77. The van der Waals surface area contributed by atoms with Crippen LogP contribution in [0.4, 0.5) is 0 Å². The summed E-state index contributed by atoms with van der Waals surface area (Å²) in [6.45, 7) is 4.17. The van der Waals surface area contributed by atoms with Crippen molar-refractivity contribution in [1.29, 1.82) is 0 Å². The molecular formula is C14H22N4O2. The van der Waals surface area contributed by atoms with Crippen LogP contribution in [0.15, 0.2) is 27.8 Å². The number of carbonyl (C=O) groups is 1. The van der Waals surface area contributed by atoms with Gasteiger partial charge in [0.05, 0.1) is 6.26 Å². The van der Waals surface area contributed by atoms with Crippen molar-refractivity contribution in [3.63, 3.8) is 0 Å². The Kier molecular flexibility index (Phi) is 5.46. The molecule has 2 heterocycles. The van der Waals surface area contributed by atoms with E-state index >= 15 is 0 Å². The first kappa shape index (κ1) is 14.4. The molecule has 20 heavy (non-hydrogen) atoms. The lowest BCUT2D eigenvalue weighted by Gasteiger charge is -2.25. The van der Waals surface area contributed by atoms with E-state index in [0.29, 0.717) is 19.5 Å². The lowest BCUT2D eigenvalue weighted by atomic mass is 10.1. The van der Waals surface area contributed by atoms with Crippen LogP contribution in [-0.4, -0.2) is 37.5 Å². The molecule has 0 saturated carbocycles. The fraction of sp³-hybridized carbons (Fsp3) is 0.571. The zero-order chi connectivity index (χ0) is 14.2. The summed E-state index contributed by atoms with van der Waals surface area (Å²) in [6.07, 6.45) is 3.87. The standard InChI is InChI=1S/C14H22N4O2/c1-2-15-14(16-8-7-12-4-3-9-20-12)18-11-5-6-13(19)17-10-11/h3-4,9,11H,2,5-8,10H2,1H3,(H,17,19)(H2,15,16,18). The van der Waals surface area contributed by atoms with E-state index in [1.54, 1.807) is 6.26 Å². The number of amides is 1. The van der Waals surface area contributed by atoms with Gasteiger partial charge in [-0.2, -0.15) is 0 Å². The van der Waals surface area contributed by atoms with Crippen LogP contribution >= 0.6 is 0 Å². The maximum atomic E-state index is 11.1. The maximum absolute atomic E-state index is 11.1. The number of carbonyl (C=O) groups excluding carboxylic acids is 1. The third-order valence-electron chi connectivity index (χ3n) is 3.16. The van der Waals surface area contributed by atoms with E-state index in [2.05, 4.69) is 20.9 Å². The second kappa shape index (κ2) is 7.57. The van der Waals surface area contributed by atoms with E-state index in [1.165, 1.54) is 0 Å². The molecule has 2 rings (SSSR count). The predicted molar refractivity (Wildman–Crippen MR) is 77.6 cm³/mol. The van der Waals surface area contributed by atoms with E-state index < -0.39 is 0 Å². The average Bonchev–Trinajstić information content (AvgIpc) is 2.95. The molecule has 0 aromatic carbocycles. The van der Waals surface area contributed by atoms with Gasteiger partial charge in [0, 0.05) is 38.5 Å².